The molecule has 24 heavy (non-hydrogen) atoms. The SMILES string of the molecule is O=C(O)CCCCCCCCCCNC(=O)c1c(F)cccc1Cl. The van der Waals surface area contributed by atoms with Crippen molar-refractivity contribution >= 4 is 23.5 Å². The molecule has 0 saturated heterocycles. The van der Waals surface area contributed by atoms with Gasteiger partial charge in [0.25, 0.3) is 5.91 Å². The smallest absolute Gasteiger partial charge is 0.303 e. The van der Waals surface area contributed by atoms with Crippen LogP contribution in [0.2, 0.25) is 5.02 Å². The largest absolute Gasteiger partial charge is 0.481 e. The zero-order valence-corrected chi connectivity index (χ0v) is 14.6. The molecule has 0 aromatic heterocycles. The topological polar surface area (TPSA) is 66.4 Å². The van der Waals surface area contributed by atoms with Crippen LogP contribution in [0.3, 0.4) is 0 Å². The van der Waals surface area contributed by atoms with Crippen molar-refractivity contribution in [3.63, 3.8) is 0 Å². The van der Waals surface area contributed by atoms with Crippen molar-refractivity contribution in [2.45, 2.75) is 57.8 Å². The predicted octanol–water partition coefficient (Wildman–Crippen LogP) is 4.80. The standard InChI is InChI=1S/C18H25ClFNO3/c19-14-10-9-11-15(20)17(14)18(24)21-13-8-6-4-2-1-3-5-7-12-16(22)23/h9-11H,1-8,12-13H2,(H,21,24)(H,22,23). The zero-order chi connectivity index (χ0) is 17.8. The van der Waals surface area contributed by atoms with Crippen molar-refractivity contribution in [2.24, 2.45) is 0 Å². The third kappa shape index (κ3) is 8.29. The first kappa shape index (κ1) is 20.4. The number of amides is 1. The minimum absolute atomic E-state index is 0.0967. The highest BCUT2D eigenvalue weighted by atomic mass is 35.5. The molecule has 1 aromatic carbocycles. The number of carbonyl (C=O) groups is 2. The van der Waals surface area contributed by atoms with Crippen LogP contribution >= 0.6 is 11.6 Å². The van der Waals surface area contributed by atoms with Gasteiger partial charge in [0, 0.05) is 13.0 Å². The number of nitrogens with one attached hydrogen (secondary N) is 1. The Balaban J connectivity index is 2.02. The van der Waals surface area contributed by atoms with E-state index in [1.54, 1.807) is 0 Å². The lowest BCUT2D eigenvalue weighted by Crippen LogP contribution is -2.25. The molecular weight excluding hydrogens is 333 g/mol. The first-order valence-corrected chi connectivity index (χ1v) is 8.84. The van der Waals surface area contributed by atoms with Gasteiger partial charge in [-0.1, -0.05) is 56.2 Å². The maximum atomic E-state index is 13.6. The van der Waals surface area contributed by atoms with Crippen LogP contribution in [0.1, 0.15) is 68.1 Å². The van der Waals surface area contributed by atoms with Gasteiger partial charge in [-0.3, -0.25) is 9.59 Å². The van der Waals surface area contributed by atoms with Gasteiger partial charge in [0.2, 0.25) is 0 Å². The molecule has 1 aromatic rings. The van der Waals surface area contributed by atoms with Crippen LogP contribution in [-0.2, 0) is 4.79 Å². The highest BCUT2D eigenvalue weighted by Gasteiger charge is 2.14. The lowest BCUT2D eigenvalue weighted by molar-refractivity contribution is -0.137. The van der Waals surface area contributed by atoms with Gasteiger partial charge in [0.1, 0.15) is 5.82 Å². The van der Waals surface area contributed by atoms with E-state index in [9.17, 15) is 14.0 Å². The fraction of sp³-hybridized carbons (Fsp3) is 0.556. The molecule has 0 saturated carbocycles. The van der Waals surface area contributed by atoms with Crippen LogP contribution in [0.5, 0.6) is 0 Å². The van der Waals surface area contributed by atoms with Gasteiger partial charge >= 0.3 is 5.97 Å². The number of rotatable bonds is 12. The summed E-state index contributed by atoms with van der Waals surface area (Å²) in [7, 11) is 0. The molecule has 0 bridgehead atoms. The van der Waals surface area contributed by atoms with E-state index in [1.807, 2.05) is 0 Å². The first-order valence-electron chi connectivity index (χ1n) is 8.46. The summed E-state index contributed by atoms with van der Waals surface area (Å²) in [5.41, 5.74) is -0.0967. The number of aliphatic carboxylic acids is 1. The van der Waals surface area contributed by atoms with Gasteiger partial charge in [-0.25, -0.2) is 4.39 Å². The summed E-state index contributed by atoms with van der Waals surface area (Å²) in [6, 6.07) is 4.18. The molecule has 0 fully saturated rings. The molecule has 0 aliphatic carbocycles. The Morgan fingerprint density at radius 3 is 2.17 bits per heavy atom. The molecule has 0 heterocycles. The van der Waals surface area contributed by atoms with E-state index in [4.69, 9.17) is 16.7 Å². The van der Waals surface area contributed by atoms with Gasteiger partial charge in [-0.2, -0.15) is 0 Å². The van der Waals surface area contributed by atoms with E-state index in [0.717, 1.165) is 51.4 Å². The third-order valence-corrected chi connectivity index (χ3v) is 4.11. The molecule has 0 unspecified atom stereocenters. The molecule has 0 atom stereocenters. The highest BCUT2D eigenvalue weighted by Crippen LogP contribution is 2.18. The molecule has 2 N–H and O–H groups in total. The summed E-state index contributed by atoms with van der Waals surface area (Å²) in [5, 5.41) is 11.3. The molecule has 0 aliphatic heterocycles. The normalized spacial score (nSPS) is 10.6. The molecule has 0 radical (unpaired) electrons. The molecule has 1 amide bonds. The van der Waals surface area contributed by atoms with E-state index < -0.39 is 17.7 Å². The molecule has 0 spiro atoms. The predicted molar refractivity (Wildman–Crippen MR) is 92.9 cm³/mol. The summed E-state index contributed by atoms with van der Waals surface area (Å²) in [5.74, 6) is -1.81. The van der Waals surface area contributed by atoms with Gasteiger partial charge in [0.05, 0.1) is 10.6 Å². The van der Waals surface area contributed by atoms with E-state index >= 15 is 0 Å². The Bertz CT molecular complexity index is 517. The monoisotopic (exact) mass is 357 g/mol. The average Bonchev–Trinajstić information content (AvgIpc) is 2.52. The fourth-order valence-electron chi connectivity index (χ4n) is 2.47. The van der Waals surface area contributed by atoms with Crippen molar-refractivity contribution in [3.8, 4) is 0 Å². The molecular formula is C18H25ClFNO3. The van der Waals surface area contributed by atoms with Gasteiger partial charge in [0.15, 0.2) is 0 Å². The lowest BCUT2D eigenvalue weighted by Gasteiger charge is -2.07. The summed E-state index contributed by atoms with van der Waals surface area (Å²) < 4.78 is 13.6. The number of benzene rings is 1. The second kappa shape index (κ2) is 11.8. The third-order valence-electron chi connectivity index (χ3n) is 3.79. The van der Waals surface area contributed by atoms with Crippen molar-refractivity contribution in [1.82, 2.24) is 5.32 Å². The molecule has 1 rings (SSSR count). The van der Waals surface area contributed by atoms with Crippen LogP contribution in [-0.4, -0.2) is 23.5 Å². The van der Waals surface area contributed by atoms with Crippen molar-refractivity contribution in [2.75, 3.05) is 6.54 Å². The van der Waals surface area contributed by atoms with E-state index in [1.165, 1.54) is 18.2 Å². The van der Waals surface area contributed by atoms with E-state index in [0.29, 0.717) is 6.54 Å². The Kier molecular flexibility index (Phi) is 10.1. The second-order valence-corrected chi connectivity index (χ2v) is 6.23. The average molecular weight is 358 g/mol. The number of halogens is 2. The maximum Gasteiger partial charge on any atom is 0.303 e. The van der Waals surface area contributed by atoms with Gasteiger partial charge < -0.3 is 10.4 Å². The minimum atomic E-state index is -0.728. The Hall–Kier alpha value is -1.62. The van der Waals surface area contributed by atoms with Crippen LogP contribution in [0.15, 0.2) is 18.2 Å². The van der Waals surface area contributed by atoms with E-state index in [2.05, 4.69) is 5.32 Å². The zero-order valence-electron chi connectivity index (χ0n) is 13.8. The van der Waals surface area contributed by atoms with Crippen LogP contribution in [0.25, 0.3) is 0 Å². The summed E-state index contributed by atoms with van der Waals surface area (Å²) in [4.78, 5) is 22.2. The summed E-state index contributed by atoms with van der Waals surface area (Å²) >= 11 is 5.84. The fourth-order valence-corrected chi connectivity index (χ4v) is 2.72. The van der Waals surface area contributed by atoms with Crippen molar-refractivity contribution < 1.29 is 19.1 Å². The number of carboxylic acids is 1. The van der Waals surface area contributed by atoms with Gasteiger partial charge in [-0.15, -0.1) is 0 Å². The number of hydrogen-bond acceptors (Lipinski definition) is 2. The second-order valence-electron chi connectivity index (χ2n) is 5.82. The van der Waals surface area contributed by atoms with Crippen molar-refractivity contribution in [3.05, 3.63) is 34.6 Å². The first-order chi connectivity index (χ1) is 11.5. The number of unbranched alkanes of at least 4 members (excludes halogenated alkanes) is 7. The Morgan fingerprint density at radius 1 is 1.00 bits per heavy atom. The molecule has 4 nitrogen and oxygen atoms in total. The number of hydrogen-bond donors (Lipinski definition) is 2. The van der Waals surface area contributed by atoms with E-state index in [-0.39, 0.29) is 17.0 Å². The molecule has 0 aliphatic rings. The summed E-state index contributed by atoms with van der Waals surface area (Å²) in [6.45, 7) is 0.502. The van der Waals surface area contributed by atoms with Crippen molar-refractivity contribution in [1.29, 1.82) is 0 Å². The molecule has 134 valence electrons. The van der Waals surface area contributed by atoms with Crippen LogP contribution in [0.4, 0.5) is 4.39 Å². The summed E-state index contributed by atoms with van der Waals surface area (Å²) in [6.07, 6.45) is 8.18. The Morgan fingerprint density at radius 2 is 1.58 bits per heavy atom. The number of carbonyl (C=O) groups excluding carboxylic acids is 1. The quantitative estimate of drug-likeness (QED) is 0.528. The van der Waals surface area contributed by atoms with Gasteiger partial charge in [-0.05, 0) is 25.0 Å². The molecule has 6 heteroatoms. The van der Waals surface area contributed by atoms with Crippen LogP contribution < -0.4 is 5.32 Å². The maximum absolute atomic E-state index is 13.6. The minimum Gasteiger partial charge on any atom is -0.481 e. The van der Waals surface area contributed by atoms with Crippen LogP contribution in [0, 0.1) is 5.82 Å². The Labute approximate surface area is 147 Å². The lowest BCUT2D eigenvalue weighted by atomic mass is 10.1. The number of carboxylic acid groups (broad SMARTS) is 1. The highest BCUT2D eigenvalue weighted by molar-refractivity contribution is 6.33.